The highest BCUT2D eigenvalue weighted by Crippen LogP contribution is 2.18. The van der Waals surface area contributed by atoms with E-state index in [9.17, 15) is 0 Å². The van der Waals surface area contributed by atoms with Crippen LogP contribution in [0.3, 0.4) is 0 Å². The molecule has 2 atom stereocenters. The van der Waals surface area contributed by atoms with Crippen LogP contribution < -0.4 is 5.32 Å². The summed E-state index contributed by atoms with van der Waals surface area (Å²) in [4.78, 5) is 5.20. The van der Waals surface area contributed by atoms with Crippen LogP contribution in [0, 0.1) is 0 Å². The first-order valence-electron chi connectivity index (χ1n) is 4.42. The Hall–Kier alpha value is -0.770. The van der Waals surface area contributed by atoms with Crippen molar-refractivity contribution in [1.29, 1.82) is 0 Å². The van der Waals surface area contributed by atoms with E-state index in [2.05, 4.69) is 20.2 Å². The van der Waals surface area contributed by atoms with E-state index in [1.807, 2.05) is 0 Å². The molecule has 2 fully saturated rings. The van der Waals surface area contributed by atoms with E-state index in [-0.39, 0.29) is 6.04 Å². The highest BCUT2D eigenvalue weighted by atomic mass is 15.3. The summed E-state index contributed by atoms with van der Waals surface area (Å²) >= 11 is 0. The normalized spacial score (nSPS) is 35.7. The van der Waals surface area contributed by atoms with Crippen LogP contribution in [0.15, 0.2) is 5.11 Å². The lowest BCUT2D eigenvalue weighted by Gasteiger charge is -2.33. The summed E-state index contributed by atoms with van der Waals surface area (Å²) in [6.07, 6.45) is 3.05. The molecule has 0 aliphatic carbocycles. The van der Waals surface area contributed by atoms with Crippen LogP contribution in [-0.2, 0) is 0 Å². The van der Waals surface area contributed by atoms with Crippen molar-refractivity contribution < 1.29 is 0 Å². The molecule has 0 amide bonds. The van der Waals surface area contributed by atoms with Gasteiger partial charge in [0.1, 0.15) is 0 Å². The maximum atomic E-state index is 8.27. The summed E-state index contributed by atoms with van der Waals surface area (Å²) in [5.74, 6) is 0. The molecule has 12 heavy (non-hydrogen) atoms. The number of nitrogens with one attached hydrogen (secondary N) is 1. The Bertz CT molecular complexity index is 210. The fourth-order valence-electron chi connectivity index (χ4n) is 2.03. The quantitative estimate of drug-likeness (QED) is 0.355. The van der Waals surface area contributed by atoms with E-state index in [0.29, 0.717) is 6.17 Å². The van der Waals surface area contributed by atoms with Gasteiger partial charge in [0.15, 0.2) is 0 Å². The van der Waals surface area contributed by atoms with Gasteiger partial charge in [0, 0.05) is 18.0 Å². The zero-order chi connectivity index (χ0) is 8.39. The molecular weight excluding hydrogens is 154 g/mol. The van der Waals surface area contributed by atoms with Crippen molar-refractivity contribution in [2.45, 2.75) is 25.0 Å². The van der Waals surface area contributed by atoms with E-state index < -0.39 is 0 Å². The van der Waals surface area contributed by atoms with Crippen LogP contribution in [0.25, 0.3) is 10.4 Å². The number of hydrogen-bond acceptors (Lipinski definition) is 3. The van der Waals surface area contributed by atoms with Crippen LogP contribution in [0.1, 0.15) is 12.8 Å². The summed E-state index contributed by atoms with van der Waals surface area (Å²) in [6, 6.07) is 0.129. The Balaban J connectivity index is 1.96. The van der Waals surface area contributed by atoms with Crippen LogP contribution in [0.5, 0.6) is 0 Å². The fourth-order valence-corrected chi connectivity index (χ4v) is 2.03. The van der Waals surface area contributed by atoms with E-state index in [0.717, 1.165) is 19.6 Å². The average molecular weight is 167 g/mol. The third kappa shape index (κ3) is 1.39. The molecule has 0 radical (unpaired) electrons. The lowest BCUT2D eigenvalue weighted by atomic mass is 10.2. The van der Waals surface area contributed by atoms with Crippen LogP contribution in [0.2, 0.25) is 0 Å². The minimum atomic E-state index is 0.129. The third-order valence-electron chi connectivity index (χ3n) is 2.61. The molecule has 0 spiro atoms. The van der Waals surface area contributed by atoms with Gasteiger partial charge < -0.3 is 5.32 Å². The van der Waals surface area contributed by atoms with Crippen molar-refractivity contribution in [2.24, 2.45) is 5.11 Å². The van der Waals surface area contributed by atoms with Crippen molar-refractivity contribution in [3.63, 3.8) is 0 Å². The Morgan fingerprint density at radius 3 is 3.33 bits per heavy atom. The molecule has 2 aliphatic rings. The molecular formula is C7H13N5. The average Bonchev–Trinajstić information content (AvgIpc) is 2.51. The minimum absolute atomic E-state index is 0.129. The largest absolute Gasteiger partial charge is 0.301 e. The first-order valence-corrected chi connectivity index (χ1v) is 4.42. The van der Waals surface area contributed by atoms with E-state index in [4.69, 9.17) is 5.53 Å². The minimum Gasteiger partial charge on any atom is -0.301 e. The van der Waals surface area contributed by atoms with Crippen molar-refractivity contribution in [3.05, 3.63) is 10.4 Å². The molecule has 1 N–H and O–H groups in total. The molecule has 0 aromatic carbocycles. The smallest absolute Gasteiger partial charge is 0.0626 e. The zero-order valence-electron chi connectivity index (χ0n) is 6.98. The van der Waals surface area contributed by atoms with Gasteiger partial charge in [0.2, 0.25) is 0 Å². The second-order valence-electron chi connectivity index (χ2n) is 3.42. The molecule has 2 heterocycles. The number of azide groups is 1. The van der Waals surface area contributed by atoms with Gasteiger partial charge in [-0.15, -0.1) is 0 Å². The molecule has 0 saturated carbocycles. The first-order chi connectivity index (χ1) is 5.90. The second-order valence-corrected chi connectivity index (χ2v) is 3.42. The van der Waals surface area contributed by atoms with Gasteiger partial charge in [-0.2, -0.15) is 0 Å². The van der Waals surface area contributed by atoms with Gasteiger partial charge in [-0.1, -0.05) is 5.11 Å². The highest BCUT2D eigenvalue weighted by Gasteiger charge is 2.30. The van der Waals surface area contributed by atoms with Gasteiger partial charge in [-0.3, -0.25) is 4.90 Å². The Morgan fingerprint density at radius 2 is 2.50 bits per heavy atom. The summed E-state index contributed by atoms with van der Waals surface area (Å²) < 4.78 is 0. The van der Waals surface area contributed by atoms with Gasteiger partial charge in [-0.05, 0) is 24.9 Å². The SMILES string of the molecule is [N-]=[N+]=NC1CNC2CCCN2C1. The molecule has 0 bridgehead atoms. The summed E-state index contributed by atoms with van der Waals surface area (Å²) in [6.45, 7) is 2.92. The second kappa shape index (κ2) is 3.31. The molecule has 2 unspecified atom stereocenters. The van der Waals surface area contributed by atoms with Crippen LogP contribution >= 0.6 is 0 Å². The molecule has 66 valence electrons. The number of hydrogen-bond donors (Lipinski definition) is 1. The van der Waals surface area contributed by atoms with Crippen molar-refractivity contribution in [2.75, 3.05) is 19.6 Å². The Labute approximate surface area is 71.4 Å². The number of nitrogens with zero attached hydrogens (tertiary/aromatic N) is 4. The fraction of sp³-hybridized carbons (Fsp3) is 1.00. The van der Waals surface area contributed by atoms with Crippen LogP contribution in [-0.4, -0.2) is 36.7 Å². The molecule has 2 rings (SSSR count). The summed E-state index contributed by atoms with van der Waals surface area (Å²) in [5, 5.41) is 7.10. The monoisotopic (exact) mass is 167 g/mol. The molecule has 5 heteroatoms. The predicted octanol–water partition coefficient (Wildman–Crippen LogP) is 0.690. The predicted molar refractivity (Wildman–Crippen MR) is 45.5 cm³/mol. The third-order valence-corrected chi connectivity index (χ3v) is 2.61. The highest BCUT2D eigenvalue weighted by molar-refractivity contribution is 4.88. The molecule has 2 saturated heterocycles. The van der Waals surface area contributed by atoms with E-state index in [1.54, 1.807) is 0 Å². The van der Waals surface area contributed by atoms with Crippen LogP contribution in [0.4, 0.5) is 0 Å². The lowest BCUT2D eigenvalue weighted by molar-refractivity contribution is 0.163. The van der Waals surface area contributed by atoms with Gasteiger partial charge in [0.25, 0.3) is 0 Å². The van der Waals surface area contributed by atoms with Crippen molar-refractivity contribution >= 4 is 0 Å². The first kappa shape index (κ1) is 7.86. The maximum absolute atomic E-state index is 8.27. The lowest BCUT2D eigenvalue weighted by Crippen LogP contribution is -2.53. The number of fused-ring (bicyclic) bond motifs is 1. The van der Waals surface area contributed by atoms with Gasteiger partial charge >= 0.3 is 0 Å². The van der Waals surface area contributed by atoms with Crippen molar-refractivity contribution in [1.82, 2.24) is 10.2 Å². The van der Waals surface area contributed by atoms with E-state index >= 15 is 0 Å². The molecule has 5 nitrogen and oxygen atoms in total. The van der Waals surface area contributed by atoms with Crippen molar-refractivity contribution in [3.8, 4) is 0 Å². The topological polar surface area (TPSA) is 64.0 Å². The Morgan fingerprint density at radius 1 is 1.58 bits per heavy atom. The summed E-state index contributed by atoms with van der Waals surface area (Å²) in [5.41, 5.74) is 8.27. The zero-order valence-corrected chi connectivity index (χ0v) is 6.98. The van der Waals surface area contributed by atoms with Gasteiger partial charge in [-0.25, -0.2) is 0 Å². The summed E-state index contributed by atoms with van der Waals surface area (Å²) in [7, 11) is 0. The molecule has 2 aliphatic heterocycles. The molecule has 0 aromatic rings. The standard InChI is InChI=1S/C7H13N5/c8-11-10-6-4-9-7-2-1-3-12(7)5-6/h6-7,9H,1-5H2. The van der Waals surface area contributed by atoms with Gasteiger partial charge in [0.05, 0.1) is 12.2 Å². The Kier molecular flexibility index (Phi) is 2.17. The number of rotatable bonds is 1. The molecule has 0 aromatic heterocycles. The van der Waals surface area contributed by atoms with E-state index in [1.165, 1.54) is 12.8 Å². The maximum Gasteiger partial charge on any atom is 0.0626 e.